The topological polar surface area (TPSA) is 28.2 Å². The van der Waals surface area contributed by atoms with E-state index < -0.39 is 0 Å². The van der Waals surface area contributed by atoms with Gasteiger partial charge in [-0.15, -0.1) is 0 Å². The summed E-state index contributed by atoms with van der Waals surface area (Å²) in [5.74, 6) is 0.664. The molecule has 0 bridgehead atoms. The van der Waals surface area contributed by atoms with Gasteiger partial charge in [0.1, 0.15) is 11.6 Å². The second-order valence-electron chi connectivity index (χ2n) is 4.46. The first-order valence-electron chi connectivity index (χ1n) is 6.26. The minimum atomic E-state index is -0.180. The third kappa shape index (κ3) is 3.51. The Kier molecular flexibility index (Phi) is 4.47. The van der Waals surface area contributed by atoms with Crippen LogP contribution in [0.15, 0.2) is 42.5 Å². The van der Waals surface area contributed by atoms with Gasteiger partial charge in [-0.25, -0.2) is 9.37 Å². The molecule has 0 amide bonds. The monoisotopic (exact) mass is 259 g/mol. The fraction of sp³-hybridized carbons (Fsp3) is 0.267. The van der Waals surface area contributed by atoms with E-state index in [9.17, 15) is 4.39 Å². The molecule has 0 aliphatic carbocycles. The molecule has 100 valence electrons. The van der Waals surface area contributed by atoms with Crippen LogP contribution in [0.1, 0.15) is 11.3 Å². The van der Waals surface area contributed by atoms with Crippen molar-refractivity contribution in [3.8, 4) is 0 Å². The Hall–Kier alpha value is -1.94. The van der Waals surface area contributed by atoms with Gasteiger partial charge in [-0.05, 0) is 25.2 Å². The summed E-state index contributed by atoms with van der Waals surface area (Å²) in [6, 6.07) is 12.7. The van der Waals surface area contributed by atoms with Crippen LogP contribution in [0.3, 0.4) is 0 Å². The maximum Gasteiger partial charge on any atom is 0.128 e. The Morgan fingerprint density at radius 1 is 1.16 bits per heavy atom. The van der Waals surface area contributed by atoms with Gasteiger partial charge in [-0.3, -0.25) is 0 Å². The van der Waals surface area contributed by atoms with Crippen molar-refractivity contribution >= 4 is 5.82 Å². The lowest BCUT2D eigenvalue weighted by molar-refractivity contribution is 0.607. The van der Waals surface area contributed by atoms with E-state index >= 15 is 0 Å². The molecule has 4 heteroatoms. The van der Waals surface area contributed by atoms with E-state index in [4.69, 9.17) is 0 Å². The summed E-state index contributed by atoms with van der Waals surface area (Å²) in [5, 5.41) is 3.07. The van der Waals surface area contributed by atoms with Crippen molar-refractivity contribution in [1.82, 2.24) is 10.3 Å². The number of aromatic nitrogens is 1. The molecule has 0 fully saturated rings. The molecule has 1 aromatic heterocycles. The van der Waals surface area contributed by atoms with E-state index in [1.807, 2.05) is 43.3 Å². The Balaban J connectivity index is 2.13. The summed E-state index contributed by atoms with van der Waals surface area (Å²) in [7, 11) is 3.80. The van der Waals surface area contributed by atoms with Crippen LogP contribution in [0.2, 0.25) is 0 Å². The summed E-state index contributed by atoms with van der Waals surface area (Å²) in [6.07, 6.45) is 0. The van der Waals surface area contributed by atoms with Crippen molar-refractivity contribution in [2.24, 2.45) is 0 Å². The van der Waals surface area contributed by atoms with Crippen molar-refractivity contribution in [2.75, 3.05) is 19.0 Å². The maximum absolute atomic E-state index is 13.6. The first-order valence-corrected chi connectivity index (χ1v) is 6.26. The van der Waals surface area contributed by atoms with E-state index in [0.29, 0.717) is 12.1 Å². The fourth-order valence-electron chi connectivity index (χ4n) is 1.92. The summed E-state index contributed by atoms with van der Waals surface area (Å²) in [6.45, 7) is 1.23. The number of benzene rings is 1. The van der Waals surface area contributed by atoms with E-state index in [2.05, 4.69) is 10.3 Å². The van der Waals surface area contributed by atoms with Gasteiger partial charge in [0.05, 0.1) is 5.69 Å². The Labute approximate surface area is 113 Å². The van der Waals surface area contributed by atoms with E-state index in [1.54, 1.807) is 12.1 Å². The second-order valence-corrected chi connectivity index (χ2v) is 4.46. The molecule has 0 aliphatic heterocycles. The number of hydrogen-bond donors (Lipinski definition) is 1. The minimum Gasteiger partial charge on any atom is -0.355 e. The highest BCUT2D eigenvalue weighted by Gasteiger charge is 2.07. The largest absolute Gasteiger partial charge is 0.355 e. The zero-order valence-corrected chi connectivity index (χ0v) is 11.2. The van der Waals surface area contributed by atoms with Crippen LogP contribution >= 0.6 is 0 Å². The lowest BCUT2D eigenvalue weighted by atomic mass is 10.2. The maximum atomic E-state index is 13.6. The highest BCUT2D eigenvalue weighted by molar-refractivity contribution is 5.39. The Morgan fingerprint density at radius 2 is 1.95 bits per heavy atom. The predicted octanol–water partition coefficient (Wildman–Crippen LogP) is 2.58. The average Bonchev–Trinajstić information content (AvgIpc) is 2.42. The predicted molar refractivity (Wildman–Crippen MR) is 75.5 cm³/mol. The molecule has 0 spiro atoms. The molecule has 0 saturated carbocycles. The van der Waals surface area contributed by atoms with E-state index in [1.165, 1.54) is 6.07 Å². The molecule has 1 N–H and O–H groups in total. The summed E-state index contributed by atoms with van der Waals surface area (Å²) in [5.41, 5.74) is 1.64. The van der Waals surface area contributed by atoms with E-state index in [0.717, 1.165) is 18.1 Å². The zero-order valence-electron chi connectivity index (χ0n) is 11.2. The number of anilines is 1. The quantitative estimate of drug-likeness (QED) is 0.894. The summed E-state index contributed by atoms with van der Waals surface area (Å²) in [4.78, 5) is 6.47. The van der Waals surface area contributed by atoms with Gasteiger partial charge in [0.2, 0.25) is 0 Å². The van der Waals surface area contributed by atoms with Crippen LogP contribution in [-0.2, 0) is 13.1 Å². The molecule has 0 atom stereocenters. The molecular formula is C15H18FN3. The number of rotatable bonds is 5. The number of nitrogens with zero attached hydrogens (tertiary/aromatic N) is 2. The van der Waals surface area contributed by atoms with Gasteiger partial charge in [0, 0.05) is 25.7 Å². The van der Waals surface area contributed by atoms with Crippen LogP contribution < -0.4 is 10.2 Å². The Bertz CT molecular complexity index is 542. The van der Waals surface area contributed by atoms with Crippen LogP contribution in [0.25, 0.3) is 0 Å². The molecule has 2 rings (SSSR count). The first-order chi connectivity index (χ1) is 9.20. The van der Waals surface area contributed by atoms with Crippen molar-refractivity contribution in [3.63, 3.8) is 0 Å². The van der Waals surface area contributed by atoms with Gasteiger partial charge in [0.25, 0.3) is 0 Å². The lowest BCUT2D eigenvalue weighted by Gasteiger charge is -2.19. The fourth-order valence-corrected chi connectivity index (χ4v) is 1.92. The molecule has 19 heavy (non-hydrogen) atoms. The van der Waals surface area contributed by atoms with Gasteiger partial charge in [0.15, 0.2) is 0 Å². The number of nitrogens with one attached hydrogen (secondary N) is 1. The summed E-state index contributed by atoms with van der Waals surface area (Å²) >= 11 is 0. The van der Waals surface area contributed by atoms with Crippen LogP contribution in [-0.4, -0.2) is 19.1 Å². The third-order valence-corrected chi connectivity index (χ3v) is 2.91. The van der Waals surface area contributed by atoms with Crippen molar-refractivity contribution < 1.29 is 4.39 Å². The molecule has 0 unspecified atom stereocenters. The van der Waals surface area contributed by atoms with Crippen molar-refractivity contribution in [1.29, 1.82) is 0 Å². The highest BCUT2D eigenvalue weighted by Crippen LogP contribution is 2.15. The molecule has 1 aromatic carbocycles. The zero-order chi connectivity index (χ0) is 13.7. The number of pyridine rings is 1. The molecule has 0 aliphatic rings. The number of halogens is 1. The highest BCUT2D eigenvalue weighted by atomic mass is 19.1. The van der Waals surface area contributed by atoms with E-state index in [-0.39, 0.29) is 5.82 Å². The van der Waals surface area contributed by atoms with Crippen LogP contribution in [0.4, 0.5) is 10.2 Å². The number of hydrogen-bond acceptors (Lipinski definition) is 3. The van der Waals surface area contributed by atoms with Crippen LogP contribution in [0, 0.1) is 5.82 Å². The molecule has 1 heterocycles. The Morgan fingerprint density at radius 3 is 2.68 bits per heavy atom. The normalized spacial score (nSPS) is 10.5. The molecule has 2 aromatic rings. The van der Waals surface area contributed by atoms with Crippen molar-refractivity contribution in [3.05, 3.63) is 59.5 Å². The second kappa shape index (κ2) is 6.29. The van der Waals surface area contributed by atoms with Gasteiger partial charge in [-0.1, -0.05) is 24.3 Å². The van der Waals surface area contributed by atoms with Crippen molar-refractivity contribution in [2.45, 2.75) is 13.1 Å². The van der Waals surface area contributed by atoms with Crippen LogP contribution in [0.5, 0.6) is 0 Å². The first kappa shape index (κ1) is 13.5. The smallest absolute Gasteiger partial charge is 0.128 e. The third-order valence-electron chi connectivity index (χ3n) is 2.91. The van der Waals surface area contributed by atoms with Gasteiger partial charge < -0.3 is 10.2 Å². The average molecular weight is 259 g/mol. The minimum absolute atomic E-state index is 0.180. The van der Waals surface area contributed by atoms with Gasteiger partial charge in [-0.2, -0.15) is 0 Å². The molecule has 3 nitrogen and oxygen atoms in total. The molecule has 0 saturated heterocycles. The lowest BCUT2D eigenvalue weighted by Crippen LogP contribution is -2.19. The summed E-state index contributed by atoms with van der Waals surface area (Å²) < 4.78 is 13.6. The van der Waals surface area contributed by atoms with Gasteiger partial charge >= 0.3 is 0 Å². The SMILES string of the molecule is CNCc1cccc(N(C)Cc2ccccc2F)n1. The molecule has 0 radical (unpaired) electrons. The standard InChI is InChI=1S/C15H18FN3/c1-17-10-13-7-5-9-15(18-13)19(2)11-12-6-3-4-8-14(12)16/h3-9,17H,10-11H2,1-2H3. The molecular weight excluding hydrogens is 241 g/mol.